The van der Waals surface area contributed by atoms with Gasteiger partial charge in [0.1, 0.15) is 4.90 Å². The molecule has 0 bridgehead atoms. The average molecular weight is 397 g/mol. The quantitative estimate of drug-likeness (QED) is 0.419. The maximum Gasteiger partial charge on any atom is 0.297 e. The normalized spacial score (nSPS) is 13.7. The van der Waals surface area contributed by atoms with Crippen molar-refractivity contribution in [3.8, 4) is 0 Å². The van der Waals surface area contributed by atoms with Crippen molar-refractivity contribution in [2.24, 2.45) is 0 Å². The first-order valence-corrected chi connectivity index (χ1v) is 8.46. The number of ketones is 2. The zero-order valence-electron chi connectivity index (χ0n) is 11.3. The van der Waals surface area contributed by atoms with E-state index in [1.807, 2.05) is 0 Å². The zero-order chi connectivity index (χ0) is 17.1. The number of benzene rings is 2. The number of carbonyl (C=O) groups excluding carboxylic acids is 2. The van der Waals surface area contributed by atoms with Crippen LogP contribution < -0.4 is 11.5 Å². The molecule has 9 heteroatoms. The molecule has 0 atom stereocenters. The molecule has 0 saturated carbocycles. The predicted molar refractivity (Wildman–Crippen MR) is 86.1 cm³/mol. The van der Waals surface area contributed by atoms with Gasteiger partial charge in [0.25, 0.3) is 10.1 Å². The lowest BCUT2D eigenvalue weighted by Gasteiger charge is -2.22. The van der Waals surface area contributed by atoms with Gasteiger partial charge >= 0.3 is 0 Å². The van der Waals surface area contributed by atoms with Crippen LogP contribution in [-0.2, 0) is 10.1 Å². The molecule has 0 fully saturated rings. The van der Waals surface area contributed by atoms with Crippen LogP contribution in [-0.4, -0.2) is 24.5 Å². The highest BCUT2D eigenvalue weighted by molar-refractivity contribution is 9.10. The Morgan fingerprint density at radius 1 is 0.913 bits per heavy atom. The molecule has 2 aromatic carbocycles. The van der Waals surface area contributed by atoms with E-state index in [2.05, 4.69) is 15.9 Å². The van der Waals surface area contributed by atoms with Gasteiger partial charge in [0, 0.05) is 11.1 Å². The molecule has 118 valence electrons. The smallest absolute Gasteiger partial charge is 0.297 e. The van der Waals surface area contributed by atoms with E-state index in [0.29, 0.717) is 0 Å². The van der Waals surface area contributed by atoms with Gasteiger partial charge in [-0.3, -0.25) is 14.1 Å². The Balaban J connectivity index is 2.50. The molecule has 0 aliphatic heterocycles. The third-order valence-corrected chi connectivity index (χ3v) is 5.62. The zero-order valence-corrected chi connectivity index (χ0v) is 13.7. The number of nitrogens with two attached hydrogens (primary N) is 2. The first kappa shape index (κ1) is 15.7. The third kappa shape index (κ3) is 2.08. The molecular weight excluding hydrogens is 388 g/mol. The molecule has 0 aromatic heterocycles. The molecule has 0 heterocycles. The van der Waals surface area contributed by atoms with Gasteiger partial charge in [0.15, 0.2) is 11.6 Å². The van der Waals surface area contributed by atoms with Crippen molar-refractivity contribution < 1.29 is 22.6 Å². The number of hydrogen-bond acceptors (Lipinski definition) is 6. The highest BCUT2D eigenvalue weighted by Gasteiger charge is 2.37. The van der Waals surface area contributed by atoms with Crippen molar-refractivity contribution in [2.45, 2.75) is 4.90 Å². The van der Waals surface area contributed by atoms with E-state index in [9.17, 15) is 22.6 Å². The average Bonchev–Trinajstić information content (AvgIpc) is 2.47. The molecule has 0 amide bonds. The topological polar surface area (TPSA) is 141 Å². The van der Waals surface area contributed by atoms with Crippen LogP contribution in [0, 0.1) is 0 Å². The van der Waals surface area contributed by atoms with E-state index in [0.717, 1.165) is 0 Å². The van der Waals surface area contributed by atoms with Gasteiger partial charge in [0.05, 0.1) is 27.0 Å². The molecule has 1 aliphatic rings. The number of anilines is 2. The minimum absolute atomic E-state index is 0.0970. The Labute approximate surface area is 139 Å². The Morgan fingerprint density at radius 3 is 1.78 bits per heavy atom. The van der Waals surface area contributed by atoms with Crippen molar-refractivity contribution in [2.75, 3.05) is 11.5 Å². The van der Waals surface area contributed by atoms with Crippen LogP contribution >= 0.6 is 15.9 Å². The van der Waals surface area contributed by atoms with Gasteiger partial charge in [-0.25, -0.2) is 0 Å². The Bertz CT molecular complexity index is 1010. The number of hydrogen-bond donors (Lipinski definition) is 3. The van der Waals surface area contributed by atoms with Crippen molar-refractivity contribution in [1.29, 1.82) is 0 Å². The number of halogens is 1. The largest absolute Gasteiger partial charge is 0.397 e. The molecule has 7 nitrogen and oxygen atoms in total. The highest BCUT2D eigenvalue weighted by Crippen LogP contribution is 2.43. The predicted octanol–water partition coefficient (Wildman–Crippen LogP) is 1.64. The van der Waals surface area contributed by atoms with Gasteiger partial charge in [-0.05, 0) is 15.9 Å². The summed E-state index contributed by atoms with van der Waals surface area (Å²) in [6.07, 6.45) is 0. The SMILES string of the molecule is Nc1c(Br)c(S(=O)(=O)O)c(N)c2c1C(=O)c1ccccc1C2=O. The summed E-state index contributed by atoms with van der Waals surface area (Å²) >= 11 is 2.93. The second kappa shape index (κ2) is 4.88. The molecule has 0 saturated heterocycles. The van der Waals surface area contributed by atoms with Gasteiger partial charge in [-0.1, -0.05) is 24.3 Å². The Kier molecular flexibility index (Phi) is 3.32. The lowest BCUT2D eigenvalue weighted by Crippen LogP contribution is -2.25. The highest BCUT2D eigenvalue weighted by atomic mass is 79.9. The third-order valence-electron chi connectivity index (χ3n) is 3.60. The van der Waals surface area contributed by atoms with Crippen LogP contribution in [0.3, 0.4) is 0 Å². The van der Waals surface area contributed by atoms with Crippen molar-refractivity contribution in [3.05, 3.63) is 51.0 Å². The summed E-state index contributed by atoms with van der Waals surface area (Å²) in [4.78, 5) is 24.5. The Hall–Kier alpha value is -2.23. The van der Waals surface area contributed by atoms with Gasteiger partial charge in [-0.2, -0.15) is 8.42 Å². The summed E-state index contributed by atoms with van der Waals surface area (Å²) in [6, 6.07) is 6.06. The van der Waals surface area contributed by atoms with Crippen LogP contribution in [0.5, 0.6) is 0 Å². The van der Waals surface area contributed by atoms with E-state index in [1.54, 1.807) is 12.1 Å². The molecule has 2 aromatic rings. The minimum atomic E-state index is -4.75. The summed E-state index contributed by atoms with van der Waals surface area (Å²) in [5, 5.41) is 0. The van der Waals surface area contributed by atoms with E-state index >= 15 is 0 Å². The van der Waals surface area contributed by atoms with Crippen LogP contribution in [0.2, 0.25) is 0 Å². The molecule has 0 radical (unpaired) electrons. The van der Waals surface area contributed by atoms with Crippen LogP contribution in [0.15, 0.2) is 33.6 Å². The maximum atomic E-state index is 12.6. The van der Waals surface area contributed by atoms with E-state index in [-0.39, 0.29) is 32.4 Å². The molecule has 3 rings (SSSR count). The summed E-state index contributed by atoms with van der Waals surface area (Å²) in [5.74, 6) is -1.17. The first-order chi connectivity index (χ1) is 10.7. The first-order valence-electron chi connectivity index (χ1n) is 6.22. The number of nitrogen functional groups attached to an aromatic ring is 2. The summed E-state index contributed by atoms with van der Waals surface area (Å²) in [5.41, 5.74) is 10.6. The maximum absolute atomic E-state index is 12.6. The molecule has 1 aliphatic carbocycles. The van der Waals surface area contributed by atoms with Crippen LogP contribution in [0.4, 0.5) is 11.4 Å². The van der Waals surface area contributed by atoms with Gasteiger partial charge in [-0.15, -0.1) is 0 Å². The van der Waals surface area contributed by atoms with Crippen molar-refractivity contribution >= 4 is 49.0 Å². The van der Waals surface area contributed by atoms with E-state index in [1.165, 1.54) is 12.1 Å². The second-order valence-electron chi connectivity index (χ2n) is 4.90. The second-order valence-corrected chi connectivity index (χ2v) is 7.05. The summed E-state index contributed by atoms with van der Waals surface area (Å²) < 4.78 is 32.2. The lowest BCUT2D eigenvalue weighted by atomic mass is 9.82. The van der Waals surface area contributed by atoms with E-state index in [4.69, 9.17) is 11.5 Å². The fourth-order valence-corrected chi connectivity index (χ4v) is 4.35. The van der Waals surface area contributed by atoms with Crippen LogP contribution in [0.1, 0.15) is 31.8 Å². The lowest BCUT2D eigenvalue weighted by molar-refractivity contribution is 0.0980. The fraction of sp³-hybridized carbons (Fsp3) is 0. The molecule has 0 spiro atoms. The molecule has 23 heavy (non-hydrogen) atoms. The standard InChI is InChI=1S/C14H9BrN2O5S/c15-9-10(16)7-8(11(17)14(9)23(20,21)22)13(19)6-4-2-1-3-5(6)12(7)18/h1-4H,16-17H2,(H,20,21,22). The fourth-order valence-electron chi connectivity index (χ4n) is 2.61. The molecule has 5 N–H and O–H groups in total. The minimum Gasteiger partial charge on any atom is -0.397 e. The summed E-state index contributed by atoms with van der Waals surface area (Å²) in [6.45, 7) is 0. The summed E-state index contributed by atoms with van der Waals surface area (Å²) in [7, 11) is -4.75. The number of carbonyl (C=O) groups is 2. The van der Waals surface area contributed by atoms with Crippen LogP contribution in [0.25, 0.3) is 0 Å². The van der Waals surface area contributed by atoms with Gasteiger partial charge in [0.2, 0.25) is 0 Å². The van der Waals surface area contributed by atoms with Crippen molar-refractivity contribution in [1.82, 2.24) is 0 Å². The van der Waals surface area contributed by atoms with E-state index < -0.39 is 32.3 Å². The van der Waals surface area contributed by atoms with Gasteiger partial charge < -0.3 is 11.5 Å². The monoisotopic (exact) mass is 396 g/mol. The molecular formula is C14H9BrN2O5S. The van der Waals surface area contributed by atoms with Crippen molar-refractivity contribution in [3.63, 3.8) is 0 Å². The molecule has 0 unspecified atom stereocenters. The number of rotatable bonds is 1. The number of fused-ring (bicyclic) bond motifs is 2. The Morgan fingerprint density at radius 2 is 1.35 bits per heavy atom.